The van der Waals surface area contributed by atoms with Crippen molar-refractivity contribution in [2.75, 3.05) is 13.1 Å². The van der Waals surface area contributed by atoms with E-state index in [4.69, 9.17) is 11.6 Å². The maximum atomic E-state index is 12.1. The van der Waals surface area contributed by atoms with Crippen molar-refractivity contribution in [3.63, 3.8) is 0 Å². The van der Waals surface area contributed by atoms with Crippen molar-refractivity contribution in [2.45, 2.75) is 31.9 Å². The van der Waals surface area contributed by atoms with E-state index in [2.05, 4.69) is 5.32 Å². The first kappa shape index (κ1) is 14.2. The van der Waals surface area contributed by atoms with Gasteiger partial charge in [0.1, 0.15) is 0 Å². The zero-order valence-electron chi connectivity index (χ0n) is 11.0. The summed E-state index contributed by atoms with van der Waals surface area (Å²) >= 11 is 6.11. The SMILES string of the molecule is CC(NC(=O)N1CCCC(O)C1)c1ccccc1Cl. The second kappa shape index (κ2) is 6.26. The predicted molar refractivity (Wildman–Crippen MR) is 75.2 cm³/mol. The number of hydrogen-bond acceptors (Lipinski definition) is 2. The Balaban J connectivity index is 1.97. The Bertz CT molecular complexity index is 453. The molecule has 2 unspecified atom stereocenters. The van der Waals surface area contributed by atoms with Gasteiger partial charge in [-0.25, -0.2) is 4.79 Å². The van der Waals surface area contributed by atoms with Gasteiger partial charge in [-0.15, -0.1) is 0 Å². The van der Waals surface area contributed by atoms with Gasteiger partial charge in [0.15, 0.2) is 0 Å². The molecule has 1 aliphatic rings. The number of aliphatic hydroxyl groups is 1. The van der Waals surface area contributed by atoms with Gasteiger partial charge in [0.05, 0.1) is 12.1 Å². The molecule has 0 aromatic heterocycles. The molecule has 1 saturated heterocycles. The topological polar surface area (TPSA) is 52.6 Å². The van der Waals surface area contributed by atoms with Crippen molar-refractivity contribution in [3.8, 4) is 0 Å². The highest BCUT2D eigenvalue weighted by Crippen LogP contribution is 2.22. The van der Waals surface area contributed by atoms with Crippen LogP contribution in [0.5, 0.6) is 0 Å². The minimum absolute atomic E-state index is 0.147. The number of benzene rings is 1. The molecule has 0 bridgehead atoms. The normalized spacial score (nSPS) is 21.0. The lowest BCUT2D eigenvalue weighted by Crippen LogP contribution is -2.47. The molecule has 1 aromatic carbocycles. The van der Waals surface area contributed by atoms with Crippen LogP contribution in [0.15, 0.2) is 24.3 Å². The molecule has 104 valence electrons. The number of carbonyl (C=O) groups is 1. The van der Waals surface area contributed by atoms with E-state index in [1.807, 2.05) is 31.2 Å². The van der Waals surface area contributed by atoms with Crippen molar-refractivity contribution < 1.29 is 9.90 Å². The molecular weight excluding hydrogens is 264 g/mol. The Morgan fingerprint density at radius 2 is 2.26 bits per heavy atom. The lowest BCUT2D eigenvalue weighted by atomic mass is 10.1. The zero-order valence-corrected chi connectivity index (χ0v) is 11.7. The van der Waals surface area contributed by atoms with Crippen molar-refractivity contribution in [2.24, 2.45) is 0 Å². The molecule has 0 radical (unpaired) electrons. The molecule has 5 heteroatoms. The van der Waals surface area contributed by atoms with Crippen LogP contribution in [0.2, 0.25) is 5.02 Å². The van der Waals surface area contributed by atoms with Crippen LogP contribution in [0.1, 0.15) is 31.4 Å². The van der Waals surface area contributed by atoms with Gasteiger partial charge in [0.25, 0.3) is 0 Å². The van der Waals surface area contributed by atoms with Crippen molar-refractivity contribution in [1.82, 2.24) is 10.2 Å². The summed E-state index contributed by atoms with van der Waals surface area (Å²) in [6.45, 7) is 3.00. The van der Waals surface area contributed by atoms with Gasteiger partial charge in [-0.3, -0.25) is 0 Å². The first-order chi connectivity index (χ1) is 9.08. The largest absolute Gasteiger partial charge is 0.391 e. The second-order valence-corrected chi connectivity index (χ2v) is 5.34. The van der Waals surface area contributed by atoms with Gasteiger partial charge in [-0.05, 0) is 31.4 Å². The number of nitrogens with zero attached hydrogens (tertiary/aromatic N) is 1. The molecule has 0 spiro atoms. The van der Waals surface area contributed by atoms with E-state index < -0.39 is 6.10 Å². The van der Waals surface area contributed by atoms with Gasteiger partial charge in [-0.2, -0.15) is 0 Å². The molecule has 19 heavy (non-hydrogen) atoms. The number of urea groups is 1. The van der Waals surface area contributed by atoms with Crippen LogP contribution in [-0.2, 0) is 0 Å². The summed E-state index contributed by atoms with van der Waals surface area (Å²) in [4.78, 5) is 13.8. The maximum absolute atomic E-state index is 12.1. The van der Waals surface area contributed by atoms with Gasteiger partial charge in [0.2, 0.25) is 0 Å². The molecule has 1 fully saturated rings. The van der Waals surface area contributed by atoms with E-state index in [0.29, 0.717) is 18.1 Å². The number of aliphatic hydroxyl groups excluding tert-OH is 1. The molecule has 2 atom stereocenters. The van der Waals surface area contributed by atoms with Crippen LogP contribution in [0, 0.1) is 0 Å². The zero-order chi connectivity index (χ0) is 13.8. The number of β-amino-alcohol motifs (C(OH)–C–C–N with tert-alkyl or cyclic N) is 1. The van der Waals surface area contributed by atoms with Crippen LogP contribution in [0.3, 0.4) is 0 Å². The number of hydrogen-bond donors (Lipinski definition) is 2. The predicted octanol–water partition coefficient (Wildman–Crippen LogP) is 2.57. The Morgan fingerprint density at radius 3 is 2.95 bits per heavy atom. The summed E-state index contributed by atoms with van der Waals surface area (Å²) in [5.41, 5.74) is 0.898. The highest BCUT2D eigenvalue weighted by molar-refractivity contribution is 6.31. The molecule has 2 amide bonds. The highest BCUT2D eigenvalue weighted by atomic mass is 35.5. The first-order valence-corrected chi connectivity index (χ1v) is 6.93. The molecule has 0 aliphatic carbocycles. The van der Waals surface area contributed by atoms with E-state index in [1.54, 1.807) is 4.90 Å². The van der Waals surface area contributed by atoms with Crippen LogP contribution < -0.4 is 5.32 Å². The van der Waals surface area contributed by atoms with Crippen molar-refractivity contribution in [3.05, 3.63) is 34.9 Å². The summed E-state index contributed by atoms with van der Waals surface area (Å²) in [5.74, 6) is 0. The average Bonchev–Trinajstić information content (AvgIpc) is 2.39. The second-order valence-electron chi connectivity index (χ2n) is 4.93. The van der Waals surface area contributed by atoms with Crippen LogP contribution >= 0.6 is 11.6 Å². The van der Waals surface area contributed by atoms with Crippen molar-refractivity contribution >= 4 is 17.6 Å². The van der Waals surface area contributed by atoms with E-state index in [1.165, 1.54) is 0 Å². The minimum Gasteiger partial charge on any atom is -0.391 e. The highest BCUT2D eigenvalue weighted by Gasteiger charge is 2.23. The molecular formula is C14H19ClN2O2. The third-order valence-electron chi connectivity index (χ3n) is 3.40. The summed E-state index contributed by atoms with van der Waals surface area (Å²) in [6.07, 6.45) is 1.20. The van der Waals surface area contributed by atoms with Gasteiger partial charge in [-0.1, -0.05) is 29.8 Å². The summed E-state index contributed by atoms with van der Waals surface area (Å²) in [5, 5.41) is 13.1. The van der Waals surface area contributed by atoms with E-state index >= 15 is 0 Å². The van der Waals surface area contributed by atoms with Crippen LogP contribution in [0.4, 0.5) is 4.79 Å². The lowest BCUT2D eigenvalue weighted by Gasteiger charge is -2.31. The fourth-order valence-corrected chi connectivity index (χ4v) is 2.62. The monoisotopic (exact) mass is 282 g/mol. The Labute approximate surface area is 118 Å². The summed E-state index contributed by atoms with van der Waals surface area (Å²) in [7, 11) is 0. The lowest BCUT2D eigenvalue weighted by molar-refractivity contribution is 0.0835. The third kappa shape index (κ3) is 3.61. The molecule has 2 rings (SSSR count). The maximum Gasteiger partial charge on any atom is 0.317 e. The molecule has 4 nitrogen and oxygen atoms in total. The van der Waals surface area contributed by atoms with E-state index in [0.717, 1.165) is 18.4 Å². The standard InChI is InChI=1S/C14H19ClN2O2/c1-10(12-6-2-3-7-13(12)15)16-14(19)17-8-4-5-11(18)9-17/h2-3,6-7,10-11,18H,4-5,8-9H2,1H3,(H,16,19). The number of likely N-dealkylation sites (tertiary alicyclic amines) is 1. The number of rotatable bonds is 2. The Hall–Kier alpha value is -1.26. The van der Waals surface area contributed by atoms with Gasteiger partial charge in [0, 0.05) is 18.1 Å². The van der Waals surface area contributed by atoms with Crippen molar-refractivity contribution in [1.29, 1.82) is 0 Å². The third-order valence-corrected chi connectivity index (χ3v) is 3.74. The summed E-state index contributed by atoms with van der Waals surface area (Å²) < 4.78 is 0. The Morgan fingerprint density at radius 1 is 1.53 bits per heavy atom. The molecule has 0 saturated carbocycles. The quantitative estimate of drug-likeness (QED) is 0.876. The van der Waals surface area contributed by atoms with E-state index in [-0.39, 0.29) is 12.1 Å². The molecule has 1 aromatic rings. The smallest absolute Gasteiger partial charge is 0.317 e. The minimum atomic E-state index is -0.407. The number of nitrogens with one attached hydrogen (secondary N) is 1. The molecule has 1 aliphatic heterocycles. The van der Waals surface area contributed by atoms with Gasteiger partial charge >= 0.3 is 6.03 Å². The van der Waals surface area contributed by atoms with Gasteiger partial charge < -0.3 is 15.3 Å². The van der Waals surface area contributed by atoms with E-state index in [9.17, 15) is 9.90 Å². The molecule has 1 heterocycles. The number of amides is 2. The van der Waals surface area contributed by atoms with Crippen LogP contribution in [0.25, 0.3) is 0 Å². The molecule has 2 N–H and O–H groups in total. The fourth-order valence-electron chi connectivity index (χ4n) is 2.32. The number of piperidine rings is 1. The number of halogens is 1. The fraction of sp³-hybridized carbons (Fsp3) is 0.500. The average molecular weight is 283 g/mol. The Kier molecular flexibility index (Phi) is 4.66. The first-order valence-electron chi connectivity index (χ1n) is 6.56. The number of carbonyl (C=O) groups excluding carboxylic acids is 1. The van der Waals surface area contributed by atoms with Crippen LogP contribution in [-0.4, -0.2) is 35.2 Å². The summed E-state index contributed by atoms with van der Waals surface area (Å²) in [6, 6.07) is 7.17.